The first kappa shape index (κ1) is 18.3. The van der Waals surface area contributed by atoms with Crippen molar-refractivity contribution in [2.45, 2.75) is 59.0 Å². The second-order valence-corrected chi connectivity index (χ2v) is 6.98. The van der Waals surface area contributed by atoms with Crippen LogP contribution >= 0.6 is 0 Å². The van der Waals surface area contributed by atoms with E-state index in [-0.39, 0.29) is 11.6 Å². The van der Waals surface area contributed by atoms with Crippen molar-refractivity contribution in [1.82, 2.24) is 14.8 Å². The minimum Gasteiger partial charge on any atom is -0.320 e. The molecule has 5 nitrogen and oxygen atoms in total. The van der Waals surface area contributed by atoms with Crippen LogP contribution in [0.15, 0.2) is 35.4 Å². The van der Waals surface area contributed by atoms with Crippen LogP contribution in [0, 0.1) is 5.92 Å². The van der Waals surface area contributed by atoms with E-state index in [4.69, 9.17) is 0 Å². The zero-order chi connectivity index (χ0) is 17.5. The summed E-state index contributed by atoms with van der Waals surface area (Å²) in [6, 6.07) is 3.54. The van der Waals surface area contributed by atoms with E-state index in [1.54, 1.807) is 9.47 Å². The number of carbonyl (C=O) groups excluding carboxylic acids is 1. The normalized spacial score (nSPS) is 15.0. The van der Waals surface area contributed by atoms with Crippen LogP contribution in [-0.2, 0) is 13.1 Å². The molecular formula is C19H29N3O2. The summed E-state index contributed by atoms with van der Waals surface area (Å²) >= 11 is 0. The number of urea groups is 1. The van der Waals surface area contributed by atoms with Gasteiger partial charge >= 0.3 is 6.03 Å². The highest BCUT2D eigenvalue weighted by Gasteiger charge is 2.20. The molecule has 0 saturated carbocycles. The Bertz CT molecular complexity index is 634. The fourth-order valence-electron chi connectivity index (χ4n) is 2.92. The summed E-state index contributed by atoms with van der Waals surface area (Å²) in [4.78, 5) is 26.2. The Morgan fingerprint density at radius 3 is 2.75 bits per heavy atom. The molecule has 5 heteroatoms. The van der Waals surface area contributed by atoms with Crippen molar-refractivity contribution in [2.24, 2.45) is 5.92 Å². The van der Waals surface area contributed by atoms with E-state index in [2.05, 4.69) is 25.7 Å². The number of rotatable bonds is 8. The zero-order valence-electron chi connectivity index (χ0n) is 14.9. The van der Waals surface area contributed by atoms with Gasteiger partial charge in [0.25, 0.3) is 5.56 Å². The number of amides is 2. The summed E-state index contributed by atoms with van der Waals surface area (Å²) in [5, 5.41) is 2.72. The summed E-state index contributed by atoms with van der Waals surface area (Å²) in [5.41, 5.74) is 1.42. The number of hydrogen-bond donors (Lipinski definition) is 1. The van der Waals surface area contributed by atoms with Gasteiger partial charge in [-0.1, -0.05) is 45.8 Å². The van der Waals surface area contributed by atoms with Crippen LogP contribution in [0.4, 0.5) is 4.79 Å². The Morgan fingerprint density at radius 1 is 1.25 bits per heavy atom. The molecule has 2 amide bonds. The maximum Gasteiger partial charge on any atom is 0.321 e. The number of nitrogens with zero attached hydrogens (tertiary/aromatic N) is 2. The first-order valence-corrected chi connectivity index (χ1v) is 8.89. The summed E-state index contributed by atoms with van der Waals surface area (Å²) in [5.74, 6) is 0.739. The molecule has 1 aromatic heterocycles. The van der Waals surface area contributed by atoms with Gasteiger partial charge in [0.2, 0.25) is 0 Å². The fraction of sp³-hybridized carbons (Fsp3) is 0.579. The minimum absolute atomic E-state index is 0.0126. The summed E-state index contributed by atoms with van der Waals surface area (Å²) in [6.07, 6.45) is 7.18. The number of aromatic nitrogens is 1. The van der Waals surface area contributed by atoms with E-state index in [0.717, 1.165) is 37.4 Å². The summed E-state index contributed by atoms with van der Waals surface area (Å²) < 4.78 is 1.77. The average Bonchev–Trinajstić information content (AvgIpc) is 2.52. The highest BCUT2D eigenvalue weighted by Crippen LogP contribution is 2.11. The molecule has 132 valence electrons. The van der Waals surface area contributed by atoms with Gasteiger partial charge in [-0.3, -0.25) is 4.79 Å². The Morgan fingerprint density at radius 2 is 2.04 bits per heavy atom. The van der Waals surface area contributed by atoms with E-state index in [0.29, 0.717) is 18.7 Å². The number of aryl methyl sites for hydroxylation is 1. The Balaban J connectivity index is 1.91. The molecule has 2 heterocycles. The van der Waals surface area contributed by atoms with Crippen LogP contribution in [-0.4, -0.2) is 22.0 Å². The van der Waals surface area contributed by atoms with Gasteiger partial charge in [0.05, 0.1) is 6.54 Å². The Hall–Kier alpha value is -2.04. The molecule has 0 unspecified atom stereocenters. The highest BCUT2D eigenvalue weighted by atomic mass is 16.2. The van der Waals surface area contributed by atoms with Gasteiger partial charge in [0.15, 0.2) is 0 Å². The highest BCUT2D eigenvalue weighted by molar-refractivity contribution is 5.77. The summed E-state index contributed by atoms with van der Waals surface area (Å²) in [7, 11) is 0. The predicted molar refractivity (Wildman–Crippen MR) is 96.7 cm³/mol. The number of hydrogen-bond acceptors (Lipinski definition) is 2. The molecule has 0 spiro atoms. The molecule has 0 bridgehead atoms. The maximum atomic E-state index is 12.6. The zero-order valence-corrected chi connectivity index (χ0v) is 14.9. The van der Waals surface area contributed by atoms with Crippen LogP contribution in [0.5, 0.6) is 0 Å². The number of carbonyl (C=O) groups is 1. The largest absolute Gasteiger partial charge is 0.321 e. The van der Waals surface area contributed by atoms with Gasteiger partial charge in [0.1, 0.15) is 0 Å². The predicted octanol–water partition coefficient (Wildman–Crippen LogP) is 3.49. The number of pyridine rings is 1. The Labute approximate surface area is 144 Å². The van der Waals surface area contributed by atoms with Crippen molar-refractivity contribution in [2.75, 3.05) is 6.54 Å². The molecule has 0 aromatic carbocycles. The van der Waals surface area contributed by atoms with Crippen LogP contribution in [0.2, 0.25) is 0 Å². The molecule has 0 radical (unpaired) electrons. The van der Waals surface area contributed by atoms with Gasteiger partial charge in [-0.25, -0.2) is 4.79 Å². The van der Waals surface area contributed by atoms with Crippen LogP contribution in [0.1, 0.15) is 51.5 Å². The first-order valence-electron chi connectivity index (χ1n) is 8.89. The van der Waals surface area contributed by atoms with Crippen molar-refractivity contribution in [3.63, 3.8) is 0 Å². The standard InChI is InChI=1S/C19H29N3O2/c1-15(2)8-5-4-6-11-21-12-7-9-17(18(21)23)14-22-13-10-16(3)20-19(22)24/h7,9,12,15H,3-6,8,10-11,13-14H2,1-2H3,(H,20,24). The second kappa shape index (κ2) is 8.71. The SMILES string of the molecule is C=C1CCN(Cc2cccn(CCCCCC(C)C)c2=O)C(=O)N1. The molecule has 1 aliphatic heterocycles. The number of unbranched alkanes of at least 4 members (excludes halogenated alkanes) is 2. The third-order valence-electron chi connectivity index (χ3n) is 4.40. The quantitative estimate of drug-likeness (QED) is 0.741. The minimum atomic E-state index is -0.172. The van der Waals surface area contributed by atoms with Crippen LogP contribution in [0.3, 0.4) is 0 Å². The molecule has 1 N–H and O–H groups in total. The van der Waals surface area contributed by atoms with Gasteiger partial charge < -0.3 is 14.8 Å². The van der Waals surface area contributed by atoms with E-state index in [1.165, 1.54) is 12.8 Å². The van der Waals surface area contributed by atoms with Crippen LogP contribution in [0.25, 0.3) is 0 Å². The lowest BCUT2D eigenvalue weighted by atomic mass is 10.1. The molecule has 1 fully saturated rings. The smallest absolute Gasteiger partial charge is 0.320 e. The van der Waals surface area contributed by atoms with Crippen LogP contribution < -0.4 is 10.9 Å². The van der Waals surface area contributed by atoms with Gasteiger partial charge in [0, 0.05) is 37.0 Å². The first-order chi connectivity index (χ1) is 11.5. The van der Waals surface area contributed by atoms with Gasteiger partial charge in [-0.15, -0.1) is 0 Å². The monoisotopic (exact) mass is 331 g/mol. The molecule has 24 heavy (non-hydrogen) atoms. The topological polar surface area (TPSA) is 54.3 Å². The number of nitrogens with one attached hydrogen (secondary N) is 1. The fourth-order valence-corrected chi connectivity index (χ4v) is 2.92. The van der Waals surface area contributed by atoms with Gasteiger partial charge in [-0.05, 0) is 18.4 Å². The maximum absolute atomic E-state index is 12.6. The molecule has 0 atom stereocenters. The molecule has 1 aromatic rings. The van der Waals surface area contributed by atoms with E-state index >= 15 is 0 Å². The van der Waals surface area contributed by atoms with E-state index in [1.807, 2.05) is 18.3 Å². The van der Waals surface area contributed by atoms with Crippen molar-refractivity contribution >= 4 is 6.03 Å². The molecular weight excluding hydrogens is 302 g/mol. The van der Waals surface area contributed by atoms with E-state index < -0.39 is 0 Å². The molecule has 2 rings (SSSR count). The van der Waals surface area contributed by atoms with Gasteiger partial charge in [-0.2, -0.15) is 0 Å². The molecule has 1 aliphatic rings. The molecule has 0 aliphatic carbocycles. The third kappa shape index (κ3) is 5.25. The van der Waals surface area contributed by atoms with E-state index in [9.17, 15) is 9.59 Å². The molecule has 1 saturated heterocycles. The Kier molecular flexibility index (Phi) is 6.64. The lowest BCUT2D eigenvalue weighted by molar-refractivity contribution is 0.190. The van der Waals surface area contributed by atoms with Crippen molar-refractivity contribution in [1.29, 1.82) is 0 Å². The lowest BCUT2D eigenvalue weighted by Crippen LogP contribution is -2.45. The van der Waals surface area contributed by atoms with Crippen molar-refractivity contribution in [3.05, 3.63) is 46.5 Å². The third-order valence-corrected chi connectivity index (χ3v) is 4.40. The van der Waals surface area contributed by atoms with Crippen molar-refractivity contribution in [3.8, 4) is 0 Å². The van der Waals surface area contributed by atoms with Crippen molar-refractivity contribution < 1.29 is 4.79 Å². The second-order valence-electron chi connectivity index (χ2n) is 6.98. The average molecular weight is 331 g/mol. The lowest BCUT2D eigenvalue weighted by Gasteiger charge is -2.28. The summed E-state index contributed by atoms with van der Waals surface area (Å²) in [6.45, 7) is 9.95.